The molecule has 0 bridgehead atoms. The zero-order valence-electron chi connectivity index (χ0n) is 14.3. The topological polar surface area (TPSA) is 56.9 Å². The summed E-state index contributed by atoms with van der Waals surface area (Å²) in [5, 5.41) is 3.02. The summed E-state index contributed by atoms with van der Waals surface area (Å²) in [6.45, 7) is 11.3. The molecule has 1 heterocycles. The van der Waals surface area contributed by atoms with Crippen LogP contribution in [0.3, 0.4) is 0 Å². The highest BCUT2D eigenvalue weighted by molar-refractivity contribution is 5.78. The van der Waals surface area contributed by atoms with Crippen molar-refractivity contribution < 1.29 is 4.39 Å². The molecule has 1 aliphatic rings. The van der Waals surface area contributed by atoms with E-state index in [1.165, 1.54) is 0 Å². The molecule has 1 aliphatic heterocycles. The van der Waals surface area contributed by atoms with Gasteiger partial charge < -0.3 is 20.9 Å². The largest absolute Gasteiger partial charge is 0.370 e. The summed E-state index contributed by atoms with van der Waals surface area (Å²) in [6, 6.07) is 5.58. The Bertz CT molecular complexity index is 536. The molecule has 0 amide bonds. The number of aliphatic imine (C=N–C) groups is 1. The van der Waals surface area contributed by atoms with Crippen LogP contribution in [0, 0.1) is 5.82 Å². The fourth-order valence-corrected chi connectivity index (χ4v) is 2.73. The van der Waals surface area contributed by atoms with Crippen LogP contribution in [-0.2, 0) is 6.54 Å². The highest BCUT2D eigenvalue weighted by atomic mass is 19.1. The number of anilines is 1. The van der Waals surface area contributed by atoms with E-state index in [2.05, 4.69) is 27.0 Å². The minimum absolute atomic E-state index is 0.182. The summed E-state index contributed by atoms with van der Waals surface area (Å²) in [7, 11) is 0. The Morgan fingerprint density at radius 1 is 1.30 bits per heavy atom. The average Bonchev–Trinajstić information content (AvgIpc) is 2.52. The van der Waals surface area contributed by atoms with Crippen molar-refractivity contribution >= 4 is 11.6 Å². The summed E-state index contributed by atoms with van der Waals surface area (Å²) in [4.78, 5) is 8.73. The van der Waals surface area contributed by atoms with Gasteiger partial charge in [-0.25, -0.2) is 9.38 Å². The molecule has 128 valence electrons. The van der Waals surface area contributed by atoms with Gasteiger partial charge in [0, 0.05) is 32.2 Å². The lowest BCUT2D eigenvalue weighted by Gasteiger charge is -2.35. The van der Waals surface area contributed by atoms with Gasteiger partial charge in [0.05, 0.1) is 12.2 Å². The minimum Gasteiger partial charge on any atom is -0.370 e. The smallest absolute Gasteiger partial charge is 0.189 e. The monoisotopic (exact) mass is 321 g/mol. The molecule has 1 aromatic rings. The van der Waals surface area contributed by atoms with Crippen LogP contribution in [-0.4, -0.2) is 49.6 Å². The third-order valence-corrected chi connectivity index (χ3v) is 4.04. The quantitative estimate of drug-likeness (QED) is 0.641. The van der Waals surface area contributed by atoms with Crippen molar-refractivity contribution in [2.75, 3.05) is 37.6 Å². The van der Waals surface area contributed by atoms with Crippen LogP contribution in [0.4, 0.5) is 10.1 Å². The van der Waals surface area contributed by atoms with E-state index >= 15 is 0 Å². The first kappa shape index (κ1) is 17.5. The molecule has 3 N–H and O–H groups in total. The van der Waals surface area contributed by atoms with Crippen molar-refractivity contribution in [2.45, 2.75) is 33.4 Å². The molecule has 0 aromatic heterocycles. The van der Waals surface area contributed by atoms with Gasteiger partial charge in [0.1, 0.15) is 5.82 Å². The summed E-state index contributed by atoms with van der Waals surface area (Å²) >= 11 is 0. The lowest BCUT2D eigenvalue weighted by atomic mass is 10.1. The van der Waals surface area contributed by atoms with E-state index < -0.39 is 0 Å². The molecule has 23 heavy (non-hydrogen) atoms. The number of hydrogen-bond donors (Lipinski definition) is 2. The molecule has 0 radical (unpaired) electrons. The molecule has 0 saturated carbocycles. The molecular formula is C17H28FN5. The first-order chi connectivity index (χ1) is 11.0. The van der Waals surface area contributed by atoms with Gasteiger partial charge in [0.2, 0.25) is 0 Å². The summed E-state index contributed by atoms with van der Waals surface area (Å²) in [5.41, 5.74) is 7.27. The lowest BCUT2D eigenvalue weighted by molar-refractivity contribution is 0.270. The maximum absolute atomic E-state index is 14.4. The van der Waals surface area contributed by atoms with Crippen molar-refractivity contribution in [1.82, 2.24) is 10.2 Å². The Kier molecular flexibility index (Phi) is 6.21. The number of likely N-dealkylation sites (N-methyl/N-ethyl adjacent to an activating group) is 1. The number of hydrogen-bond acceptors (Lipinski definition) is 3. The van der Waals surface area contributed by atoms with Crippen molar-refractivity contribution in [2.24, 2.45) is 10.7 Å². The maximum atomic E-state index is 14.4. The molecule has 6 heteroatoms. The van der Waals surface area contributed by atoms with Gasteiger partial charge in [-0.1, -0.05) is 13.0 Å². The van der Waals surface area contributed by atoms with E-state index in [1.54, 1.807) is 6.07 Å². The van der Waals surface area contributed by atoms with Crippen molar-refractivity contribution in [1.29, 1.82) is 0 Å². The zero-order valence-corrected chi connectivity index (χ0v) is 14.3. The van der Waals surface area contributed by atoms with Crippen molar-refractivity contribution in [3.05, 3.63) is 29.6 Å². The lowest BCUT2D eigenvalue weighted by Crippen LogP contribution is -2.46. The van der Waals surface area contributed by atoms with Crippen LogP contribution in [0.25, 0.3) is 0 Å². The first-order valence-electron chi connectivity index (χ1n) is 8.31. The molecular weight excluding hydrogens is 293 g/mol. The average molecular weight is 321 g/mol. The van der Waals surface area contributed by atoms with Crippen LogP contribution >= 0.6 is 0 Å². The highest BCUT2D eigenvalue weighted by Gasteiger charge is 2.18. The molecule has 0 spiro atoms. The van der Waals surface area contributed by atoms with E-state index in [4.69, 9.17) is 5.73 Å². The van der Waals surface area contributed by atoms with E-state index in [9.17, 15) is 4.39 Å². The molecule has 0 atom stereocenters. The van der Waals surface area contributed by atoms with Gasteiger partial charge in [0.15, 0.2) is 5.96 Å². The van der Waals surface area contributed by atoms with E-state index in [0.717, 1.165) is 38.3 Å². The minimum atomic E-state index is -0.182. The molecule has 1 aromatic carbocycles. The molecule has 2 rings (SSSR count). The van der Waals surface area contributed by atoms with Crippen LogP contribution in [0.15, 0.2) is 23.2 Å². The Balaban J connectivity index is 1.98. The predicted octanol–water partition coefficient (Wildman–Crippen LogP) is 1.78. The van der Waals surface area contributed by atoms with Crippen LogP contribution in [0.5, 0.6) is 0 Å². The van der Waals surface area contributed by atoms with Gasteiger partial charge in [0.25, 0.3) is 0 Å². The number of nitrogens with zero attached hydrogens (tertiary/aromatic N) is 3. The Morgan fingerprint density at radius 2 is 2.00 bits per heavy atom. The fourth-order valence-electron chi connectivity index (χ4n) is 2.73. The van der Waals surface area contributed by atoms with Crippen LogP contribution in [0.1, 0.15) is 26.3 Å². The number of piperazine rings is 1. The zero-order chi connectivity index (χ0) is 16.8. The van der Waals surface area contributed by atoms with E-state index in [1.807, 2.05) is 26.0 Å². The second kappa shape index (κ2) is 8.15. The molecule has 1 fully saturated rings. The van der Waals surface area contributed by atoms with Crippen LogP contribution < -0.4 is 16.0 Å². The van der Waals surface area contributed by atoms with Crippen LogP contribution in [0.2, 0.25) is 0 Å². The van der Waals surface area contributed by atoms with Gasteiger partial charge in [-0.15, -0.1) is 0 Å². The van der Waals surface area contributed by atoms with Crippen molar-refractivity contribution in [3.63, 3.8) is 0 Å². The summed E-state index contributed by atoms with van der Waals surface area (Å²) < 4.78 is 14.4. The fraction of sp³-hybridized carbons (Fsp3) is 0.588. The van der Waals surface area contributed by atoms with Crippen molar-refractivity contribution in [3.8, 4) is 0 Å². The molecule has 1 saturated heterocycles. The normalized spacial score (nSPS) is 16.9. The Morgan fingerprint density at radius 3 is 2.57 bits per heavy atom. The Hall–Kier alpha value is -1.82. The first-order valence-corrected chi connectivity index (χ1v) is 8.31. The predicted molar refractivity (Wildman–Crippen MR) is 94.3 cm³/mol. The SMILES string of the molecule is CCN1CCN(c2ccc(CN=C(N)NC(C)C)cc2F)CC1. The standard InChI is InChI=1S/C17H28FN5/c1-4-22-7-9-23(10-8-22)16-6-5-14(11-15(16)18)12-20-17(19)21-13(2)3/h5-6,11,13H,4,7-10,12H2,1-3H3,(H3,19,20,21). The number of rotatable bonds is 5. The maximum Gasteiger partial charge on any atom is 0.189 e. The Labute approximate surface area is 138 Å². The van der Waals surface area contributed by atoms with Gasteiger partial charge >= 0.3 is 0 Å². The third-order valence-electron chi connectivity index (χ3n) is 4.04. The third kappa shape index (κ3) is 5.10. The number of nitrogens with one attached hydrogen (secondary N) is 1. The van der Waals surface area contributed by atoms with E-state index in [-0.39, 0.29) is 11.9 Å². The molecule has 5 nitrogen and oxygen atoms in total. The summed E-state index contributed by atoms with van der Waals surface area (Å²) in [5.74, 6) is 0.207. The summed E-state index contributed by atoms with van der Waals surface area (Å²) in [6.07, 6.45) is 0. The highest BCUT2D eigenvalue weighted by Crippen LogP contribution is 2.22. The van der Waals surface area contributed by atoms with Gasteiger partial charge in [-0.05, 0) is 38.1 Å². The number of guanidine groups is 1. The number of benzene rings is 1. The van der Waals surface area contributed by atoms with Gasteiger partial charge in [-0.3, -0.25) is 0 Å². The molecule has 0 aliphatic carbocycles. The molecule has 0 unspecified atom stereocenters. The van der Waals surface area contributed by atoms with E-state index in [0.29, 0.717) is 18.2 Å². The van der Waals surface area contributed by atoms with Gasteiger partial charge in [-0.2, -0.15) is 0 Å². The number of nitrogens with two attached hydrogens (primary N) is 1. The number of halogens is 1. The second-order valence-electron chi connectivity index (χ2n) is 6.21. The second-order valence-corrected chi connectivity index (χ2v) is 6.21.